The van der Waals surface area contributed by atoms with Crippen LogP contribution < -0.4 is 5.46 Å². The van der Waals surface area contributed by atoms with Gasteiger partial charge >= 0.3 is 22.4 Å². The SMILES string of the molecule is Bc1cc(Br)ccc1SC(F)(F)C(F)(F)C(F)(F)C(F)(F)Sc1ccc(Br)cc1Br. The maximum absolute atomic E-state index is 14.2. The van der Waals surface area contributed by atoms with Crippen LogP contribution in [0.25, 0.3) is 0 Å². The molecule has 0 aliphatic heterocycles. The lowest BCUT2D eigenvalue weighted by atomic mass is 9.97. The number of halogens is 11. The molecule has 14 heteroatoms. The van der Waals surface area contributed by atoms with Gasteiger partial charge in [0.25, 0.3) is 0 Å². The first-order valence-electron chi connectivity index (χ1n) is 7.62. The Morgan fingerprint density at radius 3 is 1.47 bits per heavy atom. The predicted octanol–water partition coefficient (Wildman–Crippen LogP) is 7.57. The summed E-state index contributed by atoms with van der Waals surface area (Å²) in [5, 5.41) is -11.1. The largest absolute Gasteiger partial charge is 0.389 e. The van der Waals surface area contributed by atoms with Crippen LogP contribution in [0.5, 0.6) is 0 Å². The first-order chi connectivity index (χ1) is 13.5. The smallest absolute Gasteiger partial charge is 0.191 e. The number of hydrogen-bond acceptors (Lipinski definition) is 2. The van der Waals surface area contributed by atoms with Crippen molar-refractivity contribution < 1.29 is 35.1 Å². The zero-order valence-corrected chi connectivity index (χ0v) is 20.8. The lowest BCUT2D eigenvalue weighted by Gasteiger charge is -2.36. The second-order valence-electron chi connectivity index (χ2n) is 5.87. The molecule has 2 aromatic rings. The van der Waals surface area contributed by atoms with E-state index in [0.717, 1.165) is 12.1 Å². The molecule has 2 aromatic carbocycles. The molecule has 0 unspecified atom stereocenters. The van der Waals surface area contributed by atoms with Crippen molar-refractivity contribution in [2.45, 2.75) is 32.1 Å². The summed E-state index contributed by atoms with van der Waals surface area (Å²) in [5.41, 5.74) is 0.0769. The summed E-state index contributed by atoms with van der Waals surface area (Å²) >= 11 is 7.06. The van der Waals surface area contributed by atoms with Crippen LogP contribution in [0.15, 0.2) is 59.6 Å². The van der Waals surface area contributed by atoms with Crippen molar-refractivity contribution in [1.82, 2.24) is 0 Å². The molecule has 0 aliphatic rings. The highest BCUT2D eigenvalue weighted by Gasteiger charge is 2.81. The van der Waals surface area contributed by atoms with Crippen LogP contribution in [0.3, 0.4) is 0 Å². The molecular weight excluding hydrogens is 659 g/mol. The van der Waals surface area contributed by atoms with E-state index >= 15 is 0 Å². The minimum atomic E-state index is -6.38. The van der Waals surface area contributed by atoms with Gasteiger partial charge in [-0.05, 0) is 69.8 Å². The molecule has 30 heavy (non-hydrogen) atoms. The van der Waals surface area contributed by atoms with Crippen molar-refractivity contribution in [3.05, 3.63) is 49.8 Å². The maximum atomic E-state index is 14.2. The van der Waals surface area contributed by atoms with Crippen LogP contribution in [0.4, 0.5) is 35.1 Å². The summed E-state index contributed by atoms with van der Waals surface area (Å²) in [5.74, 6) is -12.8. The van der Waals surface area contributed by atoms with Crippen molar-refractivity contribution >= 4 is 84.6 Å². The topological polar surface area (TPSA) is 0 Å². The molecule has 0 aromatic heterocycles. The fourth-order valence-corrected chi connectivity index (χ4v) is 5.53. The summed E-state index contributed by atoms with van der Waals surface area (Å²) in [6, 6.07) is 6.91. The Kier molecular flexibility index (Phi) is 8.03. The fourth-order valence-electron chi connectivity index (χ4n) is 2.06. The lowest BCUT2D eigenvalue weighted by molar-refractivity contribution is -0.322. The fraction of sp³-hybridized carbons (Fsp3) is 0.250. The molecule has 0 N–H and O–H groups in total. The lowest BCUT2D eigenvalue weighted by Crippen LogP contribution is -2.60. The van der Waals surface area contributed by atoms with E-state index in [2.05, 4.69) is 47.8 Å². The Morgan fingerprint density at radius 1 is 0.633 bits per heavy atom. The molecule has 0 atom stereocenters. The van der Waals surface area contributed by atoms with Crippen LogP contribution in [-0.2, 0) is 0 Å². The predicted molar refractivity (Wildman–Crippen MR) is 116 cm³/mol. The van der Waals surface area contributed by atoms with E-state index in [9.17, 15) is 35.1 Å². The van der Waals surface area contributed by atoms with Gasteiger partial charge in [-0.25, -0.2) is 0 Å². The maximum Gasteiger partial charge on any atom is 0.389 e. The standard InChI is InChI=1S/C16H8BBr3F8S2/c17-9-5-7(18)1-3-11(9)29-15(25,26)13(21,22)14(23,24)16(27,28)30-12-4-2-8(19)6-10(12)20/h1-6H,17H2. The molecule has 164 valence electrons. The van der Waals surface area contributed by atoms with Crippen molar-refractivity contribution in [3.8, 4) is 0 Å². The zero-order valence-electron chi connectivity index (χ0n) is 14.4. The number of benzene rings is 2. The van der Waals surface area contributed by atoms with Gasteiger partial charge in [-0.15, -0.1) is 0 Å². The van der Waals surface area contributed by atoms with Gasteiger partial charge in [0.05, 0.1) is 0 Å². The highest BCUT2D eigenvalue weighted by molar-refractivity contribution is 9.11. The molecule has 0 heterocycles. The monoisotopic (exact) mass is 664 g/mol. The molecule has 0 radical (unpaired) electrons. The highest BCUT2D eigenvalue weighted by atomic mass is 79.9. The Hall–Kier alpha value is 0.0849. The molecule has 0 amide bonds. The Morgan fingerprint density at radius 2 is 1.03 bits per heavy atom. The van der Waals surface area contributed by atoms with Gasteiger partial charge in [-0.3, -0.25) is 0 Å². The van der Waals surface area contributed by atoms with Gasteiger partial charge in [-0.2, -0.15) is 35.1 Å². The molecule has 0 nitrogen and oxygen atoms in total. The minimum absolute atomic E-state index is 0.0769. The third-order valence-electron chi connectivity index (χ3n) is 3.63. The van der Waals surface area contributed by atoms with E-state index < -0.39 is 55.7 Å². The molecule has 0 aliphatic carbocycles. The summed E-state index contributed by atoms with van der Waals surface area (Å²) in [4.78, 5) is -0.983. The average molecular weight is 667 g/mol. The van der Waals surface area contributed by atoms with Crippen molar-refractivity contribution in [3.63, 3.8) is 0 Å². The van der Waals surface area contributed by atoms with Gasteiger partial charge in [0.15, 0.2) is 0 Å². The van der Waals surface area contributed by atoms with Crippen LogP contribution in [0, 0.1) is 0 Å². The number of hydrogen-bond donors (Lipinski definition) is 0. The Balaban J connectivity index is 2.38. The van der Waals surface area contributed by atoms with Crippen molar-refractivity contribution in [2.24, 2.45) is 0 Å². The third-order valence-corrected chi connectivity index (χ3v) is 7.82. The van der Waals surface area contributed by atoms with Crippen molar-refractivity contribution in [1.29, 1.82) is 0 Å². The van der Waals surface area contributed by atoms with Gasteiger partial charge in [0.2, 0.25) is 0 Å². The highest BCUT2D eigenvalue weighted by Crippen LogP contribution is 2.61. The van der Waals surface area contributed by atoms with Gasteiger partial charge in [0, 0.05) is 23.2 Å². The van der Waals surface area contributed by atoms with Crippen LogP contribution in [0.2, 0.25) is 0 Å². The Labute approximate surface area is 200 Å². The summed E-state index contributed by atoms with van der Waals surface area (Å²) in [7, 11) is 1.29. The normalized spacial score (nSPS) is 13.6. The zero-order chi connectivity index (χ0) is 23.1. The van der Waals surface area contributed by atoms with Gasteiger partial charge in [-0.1, -0.05) is 43.4 Å². The molecule has 0 saturated carbocycles. The molecule has 0 fully saturated rings. The summed E-state index contributed by atoms with van der Waals surface area (Å²) in [6.07, 6.45) is 0. The second-order valence-corrected chi connectivity index (χ2v) is 10.9. The van der Waals surface area contributed by atoms with Crippen molar-refractivity contribution in [2.75, 3.05) is 0 Å². The second kappa shape index (κ2) is 9.15. The van der Waals surface area contributed by atoms with E-state index in [1.807, 2.05) is 0 Å². The number of rotatable bonds is 7. The van der Waals surface area contributed by atoms with E-state index in [4.69, 9.17) is 0 Å². The van der Waals surface area contributed by atoms with Crippen LogP contribution in [0.1, 0.15) is 0 Å². The summed E-state index contributed by atoms with van der Waals surface area (Å²) < 4.78 is 114. The Bertz CT molecular complexity index is 867. The van der Waals surface area contributed by atoms with E-state index in [-0.39, 0.29) is 9.94 Å². The summed E-state index contributed by atoms with van der Waals surface area (Å²) in [6.45, 7) is 0. The van der Waals surface area contributed by atoms with E-state index in [0.29, 0.717) is 8.95 Å². The molecule has 2 rings (SSSR count). The van der Waals surface area contributed by atoms with Crippen LogP contribution >= 0.6 is 71.3 Å². The average Bonchev–Trinajstić information content (AvgIpc) is 2.59. The first kappa shape index (κ1) is 26.3. The molecule has 0 spiro atoms. The number of alkyl halides is 8. The van der Waals surface area contributed by atoms with Gasteiger partial charge < -0.3 is 0 Å². The quantitative estimate of drug-likeness (QED) is 0.170. The number of thioether (sulfide) groups is 2. The van der Waals surface area contributed by atoms with E-state index in [1.54, 1.807) is 0 Å². The first-order valence-corrected chi connectivity index (χ1v) is 11.6. The molecule has 0 saturated heterocycles. The van der Waals surface area contributed by atoms with E-state index in [1.165, 1.54) is 32.1 Å². The van der Waals surface area contributed by atoms with Crippen LogP contribution in [-0.4, -0.2) is 30.2 Å². The molecular formula is C16H8BBr3F8S2. The molecule has 0 bridgehead atoms. The van der Waals surface area contributed by atoms with Gasteiger partial charge in [0.1, 0.15) is 7.85 Å². The third kappa shape index (κ3) is 5.18. The minimum Gasteiger partial charge on any atom is -0.191 e.